The van der Waals surface area contributed by atoms with Crippen LogP contribution in [0.15, 0.2) is 84.7 Å². The number of carbonyl (C=O) groups excluding carboxylic acids is 4. The first kappa shape index (κ1) is 36.9. The van der Waals surface area contributed by atoms with Crippen LogP contribution in [0.25, 0.3) is 10.8 Å². The lowest BCUT2D eigenvalue weighted by Crippen LogP contribution is -2.60. The number of fused-ring (bicyclic) bond motifs is 1. The molecule has 0 aliphatic carbocycles. The summed E-state index contributed by atoms with van der Waals surface area (Å²) in [6.45, 7) is 7.21. The third-order valence-electron chi connectivity index (χ3n) is 8.55. The monoisotopic (exact) mass is 673 g/mol. The van der Waals surface area contributed by atoms with Crippen LogP contribution in [0, 0.1) is 5.92 Å². The highest BCUT2D eigenvalue weighted by atomic mass is 16.6. The lowest BCUT2D eigenvalue weighted by molar-refractivity contribution is -0.173. The van der Waals surface area contributed by atoms with Crippen molar-refractivity contribution in [2.75, 3.05) is 18.2 Å². The zero-order valence-corrected chi connectivity index (χ0v) is 28.6. The van der Waals surface area contributed by atoms with Gasteiger partial charge in [-0.25, -0.2) is 9.59 Å². The number of esters is 1. The molecule has 49 heavy (non-hydrogen) atoms. The van der Waals surface area contributed by atoms with Crippen molar-refractivity contribution < 1.29 is 33.8 Å². The lowest BCUT2D eigenvalue weighted by Gasteiger charge is -2.31. The van der Waals surface area contributed by atoms with E-state index in [1.54, 1.807) is 32.2 Å². The summed E-state index contributed by atoms with van der Waals surface area (Å²) in [4.78, 5) is 56.7. The van der Waals surface area contributed by atoms with Crippen molar-refractivity contribution in [3.05, 3.63) is 90.3 Å². The fourth-order valence-corrected chi connectivity index (χ4v) is 5.51. The average Bonchev–Trinajstić information content (AvgIpc) is 3.52. The van der Waals surface area contributed by atoms with E-state index in [0.29, 0.717) is 12.1 Å². The second-order valence-electron chi connectivity index (χ2n) is 12.4. The van der Waals surface area contributed by atoms with Crippen LogP contribution in [0.2, 0.25) is 0 Å². The topological polar surface area (TPSA) is 164 Å². The molecule has 0 bridgehead atoms. The molecule has 3 amide bonds. The Morgan fingerprint density at radius 1 is 0.959 bits per heavy atom. The van der Waals surface area contributed by atoms with Gasteiger partial charge in [0, 0.05) is 30.1 Å². The summed E-state index contributed by atoms with van der Waals surface area (Å²) in [6, 6.07) is 20.5. The van der Waals surface area contributed by atoms with Gasteiger partial charge in [0.25, 0.3) is 0 Å². The van der Waals surface area contributed by atoms with Gasteiger partial charge in [0.2, 0.25) is 17.5 Å². The van der Waals surface area contributed by atoms with Crippen LogP contribution in [-0.4, -0.2) is 65.0 Å². The number of alkyl carbamates (subject to hydrolysis) is 1. The first-order valence-electron chi connectivity index (χ1n) is 16.7. The third kappa shape index (κ3) is 9.58. The largest absolute Gasteiger partial charge is 0.462 e. The van der Waals surface area contributed by atoms with Crippen LogP contribution < -0.4 is 21.3 Å². The molecule has 2 unspecified atom stereocenters. The number of anilines is 1. The number of amides is 3. The Kier molecular flexibility index (Phi) is 12.8. The van der Waals surface area contributed by atoms with Crippen molar-refractivity contribution in [2.24, 2.45) is 11.7 Å². The highest BCUT2D eigenvalue weighted by Gasteiger charge is 2.42. The Balaban J connectivity index is 1.69. The van der Waals surface area contributed by atoms with E-state index in [0.717, 1.165) is 28.4 Å². The molecule has 4 atom stereocenters. The van der Waals surface area contributed by atoms with Gasteiger partial charge in [-0.15, -0.1) is 0 Å². The number of ether oxygens (including phenoxy) is 2. The maximum atomic E-state index is 14.1. The molecule has 0 radical (unpaired) electrons. The molecule has 0 aromatic heterocycles. The van der Waals surface area contributed by atoms with E-state index in [2.05, 4.69) is 10.6 Å². The average molecular weight is 674 g/mol. The molecule has 1 aliphatic rings. The van der Waals surface area contributed by atoms with Crippen molar-refractivity contribution in [2.45, 2.75) is 77.8 Å². The van der Waals surface area contributed by atoms with Crippen molar-refractivity contribution >= 4 is 40.3 Å². The number of hydrogen-bond acceptors (Lipinski definition) is 9. The first-order chi connectivity index (χ1) is 23.4. The van der Waals surface area contributed by atoms with E-state index in [-0.39, 0.29) is 44.5 Å². The molecule has 262 valence electrons. The van der Waals surface area contributed by atoms with Gasteiger partial charge < -0.3 is 35.8 Å². The zero-order chi connectivity index (χ0) is 35.6. The van der Waals surface area contributed by atoms with E-state index in [1.165, 1.54) is 4.90 Å². The number of nitrogens with zero attached hydrogens (tertiary/aromatic N) is 2. The Labute approximate surface area is 287 Å². The number of nitrogens with one attached hydrogen (secondary N) is 2. The summed E-state index contributed by atoms with van der Waals surface area (Å²) in [5.74, 6) is -2.01. The molecule has 0 saturated carbocycles. The van der Waals surface area contributed by atoms with Gasteiger partial charge >= 0.3 is 12.1 Å². The molecule has 0 spiro atoms. The maximum absolute atomic E-state index is 14.1. The normalized spacial score (nSPS) is 15.8. The van der Waals surface area contributed by atoms with Crippen LogP contribution in [0.1, 0.15) is 58.9 Å². The molecule has 5 N–H and O–H groups in total. The fourth-order valence-electron chi connectivity index (χ4n) is 5.51. The standard InChI is InChI=1S/C37H47N5O7/c1-5-25(3)19-20-37(47,35(45)48-6-2)40-33(43)31(39-36(46)49-23-27-13-8-7-9-14-27)21-29-22-41(34(44)26(4)38)24-42(29)32-18-12-16-28-15-10-11-17-30(28)32/h7-18,22,25-26,31,47H,5-6,19-21,23-24,38H2,1-4H3,(H,39,46)(H,40,43)/t25?,26-,31+,37?/m0/s1. The molecule has 12 heteroatoms. The van der Waals surface area contributed by atoms with Gasteiger partial charge in [-0.05, 0) is 43.2 Å². The molecule has 0 fully saturated rings. The number of hydrogen-bond donors (Lipinski definition) is 4. The summed E-state index contributed by atoms with van der Waals surface area (Å²) in [6.07, 6.45) is 1.71. The van der Waals surface area contributed by atoms with E-state index in [9.17, 15) is 24.3 Å². The summed E-state index contributed by atoms with van der Waals surface area (Å²) < 4.78 is 10.6. The molecule has 1 heterocycles. The van der Waals surface area contributed by atoms with Crippen molar-refractivity contribution in [1.82, 2.24) is 15.5 Å². The number of benzene rings is 3. The molecule has 4 rings (SSSR count). The Morgan fingerprint density at radius 3 is 2.35 bits per heavy atom. The summed E-state index contributed by atoms with van der Waals surface area (Å²) in [5, 5.41) is 18.5. The maximum Gasteiger partial charge on any atom is 0.408 e. The van der Waals surface area contributed by atoms with E-state index >= 15 is 0 Å². The third-order valence-corrected chi connectivity index (χ3v) is 8.55. The Morgan fingerprint density at radius 2 is 1.65 bits per heavy atom. The first-order valence-corrected chi connectivity index (χ1v) is 16.7. The molecule has 12 nitrogen and oxygen atoms in total. The highest BCUT2D eigenvalue weighted by Crippen LogP contribution is 2.34. The number of aliphatic hydroxyl groups is 1. The zero-order valence-electron chi connectivity index (χ0n) is 28.6. The molecular weight excluding hydrogens is 626 g/mol. The lowest BCUT2D eigenvalue weighted by atomic mass is 9.96. The van der Waals surface area contributed by atoms with Crippen LogP contribution in [-0.2, 0) is 30.5 Å². The second-order valence-corrected chi connectivity index (χ2v) is 12.4. The summed E-state index contributed by atoms with van der Waals surface area (Å²) >= 11 is 0. The van der Waals surface area contributed by atoms with Crippen molar-refractivity contribution in [3.8, 4) is 0 Å². The van der Waals surface area contributed by atoms with Crippen molar-refractivity contribution in [3.63, 3.8) is 0 Å². The molecule has 3 aromatic rings. The summed E-state index contributed by atoms with van der Waals surface area (Å²) in [7, 11) is 0. The van der Waals surface area contributed by atoms with E-state index < -0.39 is 35.8 Å². The van der Waals surface area contributed by atoms with Crippen LogP contribution in [0.4, 0.5) is 10.5 Å². The van der Waals surface area contributed by atoms with E-state index in [1.807, 2.05) is 79.4 Å². The van der Waals surface area contributed by atoms with E-state index in [4.69, 9.17) is 15.2 Å². The van der Waals surface area contributed by atoms with Gasteiger partial charge in [-0.2, -0.15) is 0 Å². The van der Waals surface area contributed by atoms with Gasteiger partial charge in [-0.1, -0.05) is 87.0 Å². The smallest absolute Gasteiger partial charge is 0.408 e. The molecule has 0 saturated heterocycles. The minimum Gasteiger partial charge on any atom is -0.462 e. The quantitative estimate of drug-likeness (QED) is 0.134. The minimum atomic E-state index is -2.35. The van der Waals surface area contributed by atoms with Crippen LogP contribution >= 0.6 is 0 Å². The minimum absolute atomic E-state index is 0.00978. The van der Waals surface area contributed by atoms with Crippen LogP contribution in [0.3, 0.4) is 0 Å². The number of carbonyl (C=O) groups is 4. The van der Waals surface area contributed by atoms with Crippen LogP contribution in [0.5, 0.6) is 0 Å². The molecular formula is C37H47N5O7. The predicted molar refractivity (Wildman–Crippen MR) is 186 cm³/mol. The SMILES string of the molecule is CCOC(=O)C(O)(CCC(C)CC)NC(=O)[C@@H](CC1=CN(C(=O)[C@H](C)N)CN1c1cccc2ccccc12)NC(=O)OCc1ccccc1. The molecule has 1 aliphatic heterocycles. The van der Waals surface area contributed by atoms with Gasteiger partial charge in [-0.3, -0.25) is 14.5 Å². The summed E-state index contributed by atoms with van der Waals surface area (Å²) in [5.41, 5.74) is 5.64. The van der Waals surface area contributed by atoms with Gasteiger partial charge in [0.05, 0.1) is 18.3 Å². The Bertz CT molecular complexity index is 1640. The fraction of sp³-hybridized carbons (Fsp3) is 0.405. The highest BCUT2D eigenvalue weighted by molar-refractivity contribution is 5.96. The number of nitrogens with two attached hydrogens (primary N) is 1. The Hall–Kier alpha value is -4.94. The second kappa shape index (κ2) is 16.9. The predicted octanol–water partition coefficient (Wildman–Crippen LogP) is 4.51. The van der Waals surface area contributed by atoms with Gasteiger partial charge in [0.1, 0.15) is 19.3 Å². The van der Waals surface area contributed by atoms with Gasteiger partial charge in [0.15, 0.2) is 0 Å². The number of rotatable bonds is 15. The van der Waals surface area contributed by atoms with Crippen molar-refractivity contribution in [1.29, 1.82) is 0 Å². The molecule has 3 aromatic carbocycles.